The first-order chi connectivity index (χ1) is 13.2. The standard InChI is InChI=1S/C18H17ClF3N3O3/c1-12-14(17(19)25(24-12)9-13-5-3-2-4-6-13)7-8-16(27)28-10-15(26)23-11-18(20,21)22/h2-8H,9-11H2,1H3,(H,23,26)/b8-7+. The van der Waals surface area contributed by atoms with Gasteiger partial charge in [0.15, 0.2) is 6.61 Å². The van der Waals surface area contributed by atoms with Crippen LogP contribution in [0.2, 0.25) is 5.15 Å². The minimum absolute atomic E-state index is 0.313. The first-order valence-corrected chi connectivity index (χ1v) is 8.48. The third-order valence-corrected chi connectivity index (χ3v) is 3.90. The van der Waals surface area contributed by atoms with Crippen molar-refractivity contribution in [1.29, 1.82) is 0 Å². The van der Waals surface area contributed by atoms with Crippen molar-refractivity contribution in [1.82, 2.24) is 15.1 Å². The average molecular weight is 416 g/mol. The summed E-state index contributed by atoms with van der Waals surface area (Å²) in [5.74, 6) is -1.95. The lowest BCUT2D eigenvalue weighted by atomic mass is 10.2. The van der Waals surface area contributed by atoms with Crippen molar-refractivity contribution in [2.75, 3.05) is 13.2 Å². The number of halogens is 4. The summed E-state index contributed by atoms with van der Waals surface area (Å²) in [7, 11) is 0. The molecule has 1 aromatic heterocycles. The molecule has 0 fully saturated rings. The quantitative estimate of drug-likeness (QED) is 0.557. The number of carbonyl (C=O) groups is 2. The van der Waals surface area contributed by atoms with E-state index in [0.29, 0.717) is 23.0 Å². The van der Waals surface area contributed by atoms with Crippen LogP contribution in [0.1, 0.15) is 16.8 Å². The number of rotatable bonds is 7. The maximum Gasteiger partial charge on any atom is 0.405 e. The number of amides is 1. The van der Waals surface area contributed by atoms with E-state index in [4.69, 9.17) is 11.6 Å². The summed E-state index contributed by atoms with van der Waals surface area (Å²) in [5, 5.41) is 6.23. The molecular formula is C18H17ClF3N3O3. The largest absolute Gasteiger partial charge is 0.452 e. The molecule has 2 rings (SSSR count). The van der Waals surface area contributed by atoms with Gasteiger partial charge in [-0.2, -0.15) is 18.3 Å². The van der Waals surface area contributed by atoms with Gasteiger partial charge in [-0.25, -0.2) is 9.48 Å². The van der Waals surface area contributed by atoms with Gasteiger partial charge in [-0.1, -0.05) is 41.9 Å². The molecule has 6 nitrogen and oxygen atoms in total. The van der Waals surface area contributed by atoms with Gasteiger partial charge < -0.3 is 10.1 Å². The highest BCUT2D eigenvalue weighted by molar-refractivity contribution is 6.31. The van der Waals surface area contributed by atoms with Crippen LogP contribution in [0, 0.1) is 6.92 Å². The number of ether oxygens (including phenoxy) is 1. The number of hydrogen-bond acceptors (Lipinski definition) is 4. The average Bonchev–Trinajstić information content (AvgIpc) is 2.90. The van der Waals surface area contributed by atoms with E-state index < -0.39 is 31.2 Å². The first kappa shape index (κ1) is 21.5. The molecule has 0 radical (unpaired) electrons. The molecule has 1 aromatic carbocycles. The zero-order chi connectivity index (χ0) is 20.7. The van der Waals surface area contributed by atoms with Crippen molar-refractivity contribution >= 4 is 29.6 Å². The fourth-order valence-corrected chi connectivity index (χ4v) is 2.50. The SMILES string of the molecule is Cc1nn(Cc2ccccc2)c(Cl)c1/C=C/C(=O)OCC(=O)NCC(F)(F)F. The van der Waals surface area contributed by atoms with Crippen molar-refractivity contribution in [3.8, 4) is 0 Å². The second kappa shape index (κ2) is 9.41. The zero-order valence-corrected chi connectivity index (χ0v) is 15.5. The minimum Gasteiger partial charge on any atom is -0.452 e. The fourth-order valence-electron chi connectivity index (χ4n) is 2.20. The number of esters is 1. The van der Waals surface area contributed by atoms with Crippen molar-refractivity contribution in [3.63, 3.8) is 0 Å². The van der Waals surface area contributed by atoms with Crippen LogP contribution in [-0.4, -0.2) is 41.0 Å². The summed E-state index contributed by atoms with van der Waals surface area (Å²) in [6.07, 6.45) is -2.13. The Labute approximate surface area is 163 Å². The lowest BCUT2D eigenvalue weighted by molar-refractivity contribution is -0.148. The maximum atomic E-state index is 12.0. The number of aromatic nitrogens is 2. The van der Waals surface area contributed by atoms with Gasteiger partial charge in [0, 0.05) is 11.6 Å². The zero-order valence-electron chi connectivity index (χ0n) is 14.8. The molecule has 0 aliphatic heterocycles. The Morgan fingerprint density at radius 2 is 1.96 bits per heavy atom. The fraction of sp³-hybridized carbons (Fsp3) is 0.278. The van der Waals surface area contributed by atoms with E-state index >= 15 is 0 Å². The van der Waals surface area contributed by atoms with E-state index in [-0.39, 0.29) is 0 Å². The molecule has 2 aromatic rings. The van der Waals surface area contributed by atoms with Crippen molar-refractivity contribution in [3.05, 3.63) is 58.4 Å². The molecule has 0 atom stereocenters. The number of nitrogens with one attached hydrogen (secondary N) is 1. The predicted molar refractivity (Wildman–Crippen MR) is 96.6 cm³/mol. The van der Waals surface area contributed by atoms with Crippen molar-refractivity contribution < 1.29 is 27.5 Å². The molecule has 28 heavy (non-hydrogen) atoms. The van der Waals surface area contributed by atoms with E-state index in [2.05, 4.69) is 9.84 Å². The Kier molecular flexibility index (Phi) is 7.22. The second-order valence-electron chi connectivity index (χ2n) is 5.77. The summed E-state index contributed by atoms with van der Waals surface area (Å²) >= 11 is 6.30. The van der Waals surface area contributed by atoms with E-state index in [9.17, 15) is 22.8 Å². The summed E-state index contributed by atoms with van der Waals surface area (Å²) in [6.45, 7) is -0.158. The smallest absolute Gasteiger partial charge is 0.405 e. The van der Waals surface area contributed by atoms with Crippen LogP contribution in [0.15, 0.2) is 36.4 Å². The molecular weight excluding hydrogens is 399 g/mol. The summed E-state index contributed by atoms with van der Waals surface area (Å²) in [5.41, 5.74) is 2.07. The Bertz CT molecular complexity index is 864. The lowest BCUT2D eigenvalue weighted by Crippen LogP contribution is -2.36. The van der Waals surface area contributed by atoms with E-state index in [1.54, 1.807) is 16.9 Å². The number of alkyl halides is 3. The Morgan fingerprint density at radius 1 is 1.29 bits per heavy atom. The third kappa shape index (κ3) is 6.73. The van der Waals surface area contributed by atoms with Gasteiger partial charge in [0.25, 0.3) is 5.91 Å². The molecule has 1 N–H and O–H groups in total. The number of nitrogens with zero attached hydrogens (tertiary/aromatic N) is 2. The molecule has 10 heteroatoms. The summed E-state index contributed by atoms with van der Waals surface area (Å²) in [6, 6.07) is 9.51. The van der Waals surface area contributed by atoms with Gasteiger partial charge in [0.05, 0.1) is 12.2 Å². The lowest BCUT2D eigenvalue weighted by Gasteiger charge is -2.07. The van der Waals surface area contributed by atoms with Crippen LogP contribution in [0.5, 0.6) is 0 Å². The number of benzene rings is 1. The van der Waals surface area contributed by atoms with Gasteiger partial charge in [-0.3, -0.25) is 4.79 Å². The summed E-state index contributed by atoms with van der Waals surface area (Å²) in [4.78, 5) is 22.9. The number of carbonyl (C=O) groups excluding carboxylic acids is 2. The predicted octanol–water partition coefficient (Wildman–Crippen LogP) is 3.13. The Morgan fingerprint density at radius 3 is 2.61 bits per heavy atom. The van der Waals surface area contributed by atoms with E-state index in [1.807, 2.05) is 30.3 Å². The first-order valence-electron chi connectivity index (χ1n) is 8.11. The van der Waals surface area contributed by atoms with Crippen LogP contribution >= 0.6 is 11.6 Å². The molecule has 0 bridgehead atoms. The molecule has 0 spiro atoms. The normalized spacial score (nSPS) is 11.6. The Hall–Kier alpha value is -2.81. The monoisotopic (exact) mass is 415 g/mol. The number of aryl methyl sites for hydroxylation is 1. The third-order valence-electron chi connectivity index (χ3n) is 3.50. The van der Waals surface area contributed by atoms with Crippen LogP contribution < -0.4 is 5.32 Å². The van der Waals surface area contributed by atoms with Gasteiger partial charge in [0.2, 0.25) is 0 Å². The highest BCUT2D eigenvalue weighted by Gasteiger charge is 2.27. The van der Waals surface area contributed by atoms with Gasteiger partial charge in [-0.05, 0) is 18.6 Å². The van der Waals surface area contributed by atoms with Gasteiger partial charge >= 0.3 is 12.1 Å². The molecule has 1 heterocycles. The molecule has 150 valence electrons. The van der Waals surface area contributed by atoms with Gasteiger partial charge in [0.1, 0.15) is 11.7 Å². The molecule has 0 aliphatic carbocycles. The molecule has 0 saturated heterocycles. The van der Waals surface area contributed by atoms with Crippen LogP contribution in [0.25, 0.3) is 6.08 Å². The topological polar surface area (TPSA) is 73.2 Å². The maximum absolute atomic E-state index is 12.0. The van der Waals surface area contributed by atoms with Crippen LogP contribution in [-0.2, 0) is 20.9 Å². The molecule has 0 aliphatic rings. The highest BCUT2D eigenvalue weighted by atomic mass is 35.5. The summed E-state index contributed by atoms with van der Waals surface area (Å²) < 4.78 is 42.1. The van der Waals surface area contributed by atoms with Crippen molar-refractivity contribution in [2.45, 2.75) is 19.6 Å². The van der Waals surface area contributed by atoms with Crippen LogP contribution in [0.4, 0.5) is 13.2 Å². The molecule has 0 unspecified atom stereocenters. The van der Waals surface area contributed by atoms with E-state index in [0.717, 1.165) is 11.6 Å². The molecule has 1 amide bonds. The van der Waals surface area contributed by atoms with E-state index in [1.165, 1.54) is 6.08 Å². The second-order valence-corrected chi connectivity index (χ2v) is 6.12. The van der Waals surface area contributed by atoms with Gasteiger partial charge in [-0.15, -0.1) is 0 Å². The highest BCUT2D eigenvalue weighted by Crippen LogP contribution is 2.22. The minimum atomic E-state index is -4.53. The Balaban J connectivity index is 1.92. The van der Waals surface area contributed by atoms with Crippen molar-refractivity contribution in [2.24, 2.45) is 0 Å². The molecule has 0 saturated carbocycles. The van der Waals surface area contributed by atoms with Crippen LogP contribution in [0.3, 0.4) is 0 Å². The number of hydrogen-bond donors (Lipinski definition) is 1.